The molecule has 322 valence electrons. The number of rotatable bonds is 36. The predicted octanol–water partition coefficient (Wildman–Crippen LogP) is 15.9. The summed E-state index contributed by atoms with van der Waals surface area (Å²) in [4.78, 5) is 25.9. The second-order valence-corrected chi connectivity index (χ2v) is 17.4. The van der Waals surface area contributed by atoms with Crippen LogP contribution in [0.1, 0.15) is 254 Å². The van der Waals surface area contributed by atoms with Gasteiger partial charge in [0.05, 0.1) is 6.61 Å². The number of hydrogen-bond acceptors (Lipinski definition) is 4. The molecule has 5 nitrogen and oxygen atoms in total. The molecule has 1 fully saturated rings. The molecule has 1 aliphatic heterocycles. The molecule has 1 aliphatic rings. The number of ketones is 1. The van der Waals surface area contributed by atoms with Crippen LogP contribution >= 0.6 is 0 Å². The van der Waals surface area contributed by atoms with Gasteiger partial charge in [-0.05, 0) is 82.5 Å². The highest BCUT2D eigenvalue weighted by Crippen LogP contribution is 2.41. The largest absolute Gasteiger partial charge is 0.449 e. The number of carbonyl (C=O) groups excluding carboxylic acids is 2. The van der Waals surface area contributed by atoms with E-state index >= 15 is 0 Å². The lowest BCUT2D eigenvalue weighted by Crippen LogP contribution is -2.43. The molecule has 0 aromatic rings. The molecule has 54 heavy (non-hydrogen) atoms. The van der Waals surface area contributed by atoms with Gasteiger partial charge >= 0.3 is 6.09 Å². The van der Waals surface area contributed by atoms with Crippen LogP contribution in [0.3, 0.4) is 0 Å². The molecule has 0 N–H and O–H groups in total. The van der Waals surface area contributed by atoms with Crippen molar-refractivity contribution in [1.29, 1.82) is 0 Å². The molecule has 0 aliphatic carbocycles. The summed E-state index contributed by atoms with van der Waals surface area (Å²) in [7, 11) is 0. The van der Waals surface area contributed by atoms with Gasteiger partial charge in [-0.1, -0.05) is 183 Å². The lowest BCUT2D eigenvalue weighted by atomic mass is 9.71. The minimum atomic E-state index is -0.101. The maximum atomic E-state index is 12.4. The van der Waals surface area contributed by atoms with Crippen molar-refractivity contribution in [3.05, 3.63) is 0 Å². The highest BCUT2D eigenvalue weighted by Gasteiger charge is 2.35. The molecule has 0 radical (unpaired) electrons. The van der Waals surface area contributed by atoms with Crippen LogP contribution in [0.25, 0.3) is 0 Å². The molecule has 1 heterocycles. The number of likely N-dealkylation sites (tertiary alicyclic amines) is 1. The molecular formula is C49H97NO4. The van der Waals surface area contributed by atoms with Crippen LogP contribution in [0.2, 0.25) is 0 Å². The molecule has 0 saturated carbocycles. The molecular weight excluding hydrogens is 667 g/mol. The van der Waals surface area contributed by atoms with Crippen LogP contribution in [-0.4, -0.2) is 49.7 Å². The molecule has 2 atom stereocenters. The van der Waals surface area contributed by atoms with E-state index in [2.05, 4.69) is 41.5 Å². The fourth-order valence-electron chi connectivity index (χ4n) is 8.28. The zero-order chi connectivity index (χ0) is 40.0. The quantitative estimate of drug-likeness (QED) is 0.0596. The van der Waals surface area contributed by atoms with E-state index in [1.807, 2.05) is 4.90 Å². The van der Waals surface area contributed by atoms with Crippen molar-refractivity contribution >= 4 is 11.9 Å². The first-order chi connectivity index (χ1) is 26.3. The van der Waals surface area contributed by atoms with Crippen LogP contribution in [0.4, 0.5) is 4.79 Å². The second-order valence-electron chi connectivity index (χ2n) is 17.4. The van der Waals surface area contributed by atoms with Gasteiger partial charge in [-0.3, -0.25) is 4.79 Å². The minimum absolute atomic E-state index is 0.101. The Morgan fingerprint density at radius 3 is 1.43 bits per heavy atom. The van der Waals surface area contributed by atoms with Crippen LogP contribution in [0.5, 0.6) is 0 Å². The number of hydrogen-bond donors (Lipinski definition) is 0. The summed E-state index contributed by atoms with van der Waals surface area (Å²) in [5.74, 6) is 1.52. The van der Waals surface area contributed by atoms with Crippen molar-refractivity contribution in [1.82, 2.24) is 4.90 Å². The zero-order valence-corrected chi connectivity index (χ0v) is 37.9. The lowest BCUT2D eigenvalue weighted by Gasteiger charge is -2.42. The van der Waals surface area contributed by atoms with Crippen molar-refractivity contribution in [2.24, 2.45) is 17.3 Å². The number of Topliss-reactive ketones (excluding diaryl/α,β-unsaturated/α-hetero) is 1. The molecule has 0 spiro atoms. The van der Waals surface area contributed by atoms with Gasteiger partial charge in [0, 0.05) is 32.2 Å². The Morgan fingerprint density at radius 2 is 0.944 bits per heavy atom. The monoisotopic (exact) mass is 764 g/mol. The fraction of sp³-hybridized carbons (Fsp3) is 0.959. The average Bonchev–Trinajstić information content (AvgIpc) is 3.17. The van der Waals surface area contributed by atoms with E-state index in [4.69, 9.17) is 9.47 Å². The molecule has 0 aromatic carbocycles. The summed E-state index contributed by atoms with van der Waals surface area (Å²) in [6, 6.07) is 0. The van der Waals surface area contributed by atoms with Gasteiger partial charge in [0.25, 0.3) is 0 Å². The Kier molecular flexibility index (Phi) is 38.0. The van der Waals surface area contributed by atoms with Crippen LogP contribution in [0.15, 0.2) is 0 Å². The fourth-order valence-corrected chi connectivity index (χ4v) is 8.28. The van der Waals surface area contributed by atoms with Crippen LogP contribution in [-0.2, 0) is 14.3 Å². The van der Waals surface area contributed by atoms with Crippen LogP contribution < -0.4 is 0 Å². The van der Waals surface area contributed by atoms with Crippen molar-refractivity contribution in [3.8, 4) is 0 Å². The summed E-state index contributed by atoms with van der Waals surface area (Å²) >= 11 is 0. The first-order valence-corrected chi connectivity index (χ1v) is 24.3. The minimum Gasteiger partial charge on any atom is -0.449 e. The van der Waals surface area contributed by atoms with Crippen molar-refractivity contribution in [2.45, 2.75) is 254 Å². The topological polar surface area (TPSA) is 55.8 Å². The van der Waals surface area contributed by atoms with E-state index in [1.54, 1.807) is 6.92 Å². The molecule has 0 bridgehead atoms. The number of carbonyl (C=O) groups is 2. The molecule has 1 amide bonds. The van der Waals surface area contributed by atoms with Crippen molar-refractivity contribution < 1.29 is 19.1 Å². The Morgan fingerprint density at radius 1 is 0.519 bits per heavy atom. The third-order valence-corrected chi connectivity index (χ3v) is 12.3. The van der Waals surface area contributed by atoms with Crippen molar-refractivity contribution in [2.75, 3.05) is 32.9 Å². The third kappa shape index (κ3) is 30.1. The summed E-state index contributed by atoms with van der Waals surface area (Å²) in [6.07, 6.45) is 40.8. The number of piperidine rings is 1. The molecule has 1 rings (SSSR count). The summed E-state index contributed by atoms with van der Waals surface area (Å²) in [5.41, 5.74) is 0.387. The van der Waals surface area contributed by atoms with Crippen LogP contribution in [0, 0.1) is 17.3 Å². The Labute approximate surface area is 339 Å². The maximum absolute atomic E-state index is 12.4. The van der Waals surface area contributed by atoms with Gasteiger partial charge in [-0.15, -0.1) is 0 Å². The van der Waals surface area contributed by atoms with Crippen molar-refractivity contribution in [3.63, 3.8) is 0 Å². The number of amides is 1. The average molecular weight is 764 g/mol. The SMILES string of the molecule is CCCCCCCC(CCCCCC)COCCCC1(CCCC)CCN(C(=O)OCCCC)CC1.CCCCCCCCC(CCCCCC)C(C)=O. The van der Waals surface area contributed by atoms with E-state index in [0.717, 1.165) is 77.2 Å². The molecule has 0 aromatic heterocycles. The highest BCUT2D eigenvalue weighted by molar-refractivity contribution is 5.78. The first-order valence-electron chi connectivity index (χ1n) is 24.3. The smallest absolute Gasteiger partial charge is 0.409 e. The van der Waals surface area contributed by atoms with Gasteiger partial charge in [0.1, 0.15) is 5.78 Å². The van der Waals surface area contributed by atoms with Gasteiger partial charge in [-0.25, -0.2) is 4.79 Å². The van der Waals surface area contributed by atoms with Gasteiger partial charge in [0.2, 0.25) is 0 Å². The van der Waals surface area contributed by atoms with E-state index in [0.29, 0.717) is 23.7 Å². The lowest BCUT2D eigenvalue weighted by molar-refractivity contribution is -0.121. The first kappa shape index (κ1) is 52.9. The normalized spacial score (nSPS) is 15.1. The maximum Gasteiger partial charge on any atom is 0.409 e. The Balaban J connectivity index is 0.00000131. The highest BCUT2D eigenvalue weighted by atomic mass is 16.6. The predicted molar refractivity (Wildman–Crippen MR) is 236 cm³/mol. The second kappa shape index (κ2) is 38.8. The zero-order valence-electron chi connectivity index (χ0n) is 37.9. The van der Waals surface area contributed by atoms with Gasteiger partial charge in [-0.2, -0.15) is 0 Å². The number of unbranched alkanes of at least 4 members (excludes halogenated alkanes) is 17. The molecule has 5 heteroatoms. The van der Waals surface area contributed by atoms with E-state index < -0.39 is 0 Å². The standard InChI is InChI=1S/C32H63NO3.C17H34O/c1-5-9-13-15-17-20-30(19-16-14-10-6-2)29-35-27-18-22-32(21-11-7-3)23-25-33(26-24-32)31(34)36-28-12-8-4;1-4-6-8-10-11-13-15-17(16(3)18)14-12-9-7-5-2/h30H,5-29H2,1-4H3;17H,4-15H2,1-3H3. The number of ether oxygens (including phenoxy) is 2. The number of nitrogens with zero attached hydrogens (tertiary/aromatic N) is 1. The third-order valence-electron chi connectivity index (χ3n) is 12.3. The summed E-state index contributed by atoms with van der Waals surface area (Å²) in [5, 5.41) is 0. The van der Waals surface area contributed by atoms with E-state index in [-0.39, 0.29) is 6.09 Å². The Hall–Kier alpha value is -1.10. The summed E-state index contributed by atoms with van der Waals surface area (Å²) < 4.78 is 11.8. The van der Waals surface area contributed by atoms with Gasteiger partial charge < -0.3 is 14.4 Å². The van der Waals surface area contributed by atoms with Gasteiger partial charge in [0.15, 0.2) is 0 Å². The summed E-state index contributed by atoms with van der Waals surface area (Å²) in [6.45, 7) is 19.4. The van der Waals surface area contributed by atoms with E-state index in [1.165, 1.54) is 161 Å². The molecule has 2 unspecified atom stereocenters. The Bertz CT molecular complexity index is 808. The molecule has 1 saturated heterocycles. The van der Waals surface area contributed by atoms with E-state index in [9.17, 15) is 9.59 Å².